The van der Waals surface area contributed by atoms with Gasteiger partial charge >= 0.3 is 0 Å². The number of fused-ring (bicyclic) bond motifs is 1. The van der Waals surface area contributed by atoms with Gasteiger partial charge in [0.05, 0.1) is 37.5 Å². The molecular formula is C50H77N13O10. The van der Waals surface area contributed by atoms with E-state index in [1.165, 1.54) is 26.5 Å². The standard InChI is InChI=1S/C50H77N13O10/c1-27(2)18-36(40(64)22-42(66)57-37(45(53)68)19-30-12-8-9-13-30)59-49(72)39(21-32-24-54-26-63(32)7)58-43(67)25-62(6)50(73)44(28(3)4)61-46(69)29(5)56-48(71)38(60-47(70)34(51)16-17-41(52)65)20-31-23-55-35-15-11-10-14-33(31)35/h10-11,14-15,23-24,26-30,34,36-40,44,55,64H,8-9,12-13,16-22,25,51H2,1-7H3,(H2,52,65)(H2,53,68)(H,56,71)(H,57,66)(H,58,67)(H,59,72)(H,60,70)(H,61,69)/t29-,34-,36+,37-,38+,39-,40+,44-/m0/s1. The first kappa shape index (κ1) is 58.7. The summed E-state index contributed by atoms with van der Waals surface area (Å²) < 4.78 is 1.66. The van der Waals surface area contributed by atoms with Crippen LogP contribution in [0.2, 0.25) is 0 Å². The highest BCUT2D eigenvalue weighted by Gasteiger charge is 2.35. The third kappa shape index (κ3) is 18.3. The van der Waals surface area contributed by atoms with Gasteiger partial charge in [0, 0.05) is 62.3 Å². The van der Waals surface area contributed by atoms with Gasteiger partial charge < -0.3 is 68.7 Å². The van der Waals surface area contributed by atoms with Crippen molar-refractivity contribution >= 4 is 64.1 Å². The van der Waals surface area contributed by atoms with Gasteiger partial charge in [0.15, 0.2) is 0 Å². The van der Waals surface area contributed by atoms with Crippen LogP contribution in [0.3, 0.4) is 0 Å². The Morgan fingerprint density at radius 1 is 0.822 bits per heavy atom. The van der Waals surface area contributed by atoms with Crippen LogP contribution in [-0.4, -0.2) is 140 Å². The number of aliphatic hydroxyl groups is 1. The second-order valence-electron chi connectivity index (χ2n) is 20.1. The number of H-pyrrole nitrogens is 1. The first-order chi connectivity index (χ1) is 34.4. The molecule has 73 heavy (non-hydrogen) atoms. The molecule has 1 aliphatic rings. The van der Waals surface area contributed by atoms with Crippen LogP contribution in [0, 0.1) is 17.8 Å². The van der Waals surface area contributed by atoms with E-state index in [1.54, 1.807) is 31.7 Å². The predicted octanol–water partition coefficient (Wildman–Crippen LogP) is -0.815. The number of primary amides is 2. The maximum Gasteiger partial charge on any atom is 0.245 e. The molecule has 0 bridgehead atoms. The molecule has 2 heterocycles. The van der Waals surface area contributed by atoms with Gasteiger partial charge in [-0.1, -0.05) is 71.6 Å². The van der Waals surface area contributed by atoms with Crippen molar-refractivity contribution in [2.75, 3.05) is 13.6 Å². The average Bonchev–Trinajstić information content (AvgIpc) is 4.10. The number of aryl methyl sites for hydroxylation is 1. The lowest BCUT2D eigenvalue weighted by atomic mass is 9.95. The Hall–Kier alpha value is -6.88. The van der Waals surface area contributed by atoms with Crippen molar-refractivity contribution in [1.29, 1.82) is 0 Å². The van der Waals surface area contributed by atoms with E-state index in [0.717, 1.165) is 41.5 Å². The van der Waals surface area contributed by atoms with E-state index >= 15 is 0 Å². The number of aromatic nitrogens is 3. The number of benzene rings is 1. The van der Waals surface area contributed by atoms with Crippen molar-refractivity contribution in [2.45, 2.75) is 154 Å². The van der Waals surface area contributed by atoms with Crippen molar-refractivity contribution in [3.8, 4) is 0 Å². The van der Waals surface area contributed by atoms with Crippen LogP contribution >= 0.6 is 0 Å². The number of nitrogens with two attached hydrogens (primary N) is 3. The minimum Gasteiger partial charge on any atom is -0.390 e. The van der Waals surface area contributed by atoms with Gasteiger partial charge in [0.2, 0.25) is 53.2 Å². The number of likely N-dealkylation sites (N-methyl/N-ethyl adjacent to an activating group) is 1. The molecule has 402 valence electrons. The smallest absolute Gasteiger partial charge is 0.245 e. The maximum atomic E-state index is 14.1. The Balaban J connectivity index is 1.42. The number of carbonyl (C=O) groups excluding carboxylic acids is 9. The molecule has 0 radical (unpaired) electrons. The van der Waals surface area contributed by atoms with Crippen LogP contribution in [0.4, 0.5) is 0 Å². The highest BCUT2D eigenvalue weighted by molar-refractivity contribution is 5.96. The summed E-state index contributed by atoms with van der Waals surface area (Å²) in [6.07, 6.45) is 7.32. The van der Waals surface area contributed by atoms with Crippen molar-refractivity contribution < 1.29 is 48.3 Å². The molecule has 1 saturated carbocycles. The van der Waals surface area contributed by atoms with Crippen LogP contribution < -0.4 is 49.1 Å². The molecule has 0 saturated heterocycles. The van der Waals surface area contributed by atoms with Crippen LogP contribution in [-0.2, 0) is 63.0 Å². The topological polar surface area (TPSA) is 361 Å². The van der Waals surface area contributed by atoms with Gasteiger partial charge in [0.1, 0.15) is 30.2 Å². The van der Waals surface area contributed by atoms with E-state index in [-0.39, 0.29) is 43.9 Å². The summed E-state index contributed by atoms with van der Waals surface area (Å²) in [5.41, 5.74) is 18.9. The van der Waals surface area contributed by atoms with Gasteiger partial charge in [-0.05, 0) is 55.6 Å². The Bertz CT molecular complexity index is 2400. The predicted molar refractivity (Wildman–Crippen MR) is 271 cm³/mol. The normalized spacial score (nSPS) is 16.0. The fraction of sp³-hybridized carbons (Fsp3) is 0.600. The van der Waals surface area contributed by atoms with Crippen molar-refractivity contribution in [3.63, 3.8) is 0 Å². The van der Waals surface area contributed by atoms with E-state index < -0.39 is 120 Å². The second kappa shape index (κ2) is 27.8. The molecule has 0 unspecified atom stereocenters. The Kier molecular flexibility index (Phi) is 22.4. The van der Waals surface area contributed by atoms with Gasteiger partial charge in [-0.3, -0.25) is 43.2 Å². The maximum absolute atomic E-state index is 14.1. The molecule has 3 aromatic rings. The fourth-order valence-electron chi connectivity index (χ4n) is 8.89. The molecule has 9 amide bonds. The van der Waals surface area contributed by atoms with Crippen molar-refractivity contribution in [3.05, 3.63) is 54.2 Å². The van der Waals surface area contributed by atoms with Gasteiger partial charge in [0.25, 0.3) is 0 Å². The summed E-state index contributed by atoms with van der Waals surface area (Å²) in [6.45, 7) is 7.97. The number of amides is 9. The van der Waals surface area contributed by atoms with Crippen LogP contribution in [0.25, 0.3) is 10.9 Å². The molecule has 23 heteroatoms. The molecule has 23 nitrogen and oxygen atoms in total. The zero-order valence-corrected chi connectivity index (χ0v) is 43.1. The summed E-state index contributed by atoms with van der Waals surface area (Å²) in [4.78, 5) is 128. The second-order valence-corrected chi connectivity index (χ2v) is 20.1. The first-order valence-electron chi connectivity index (χ1n) is 25.0. The number of hydrogen-bond acceptors (Lipinski definition) is 12. The van der Waals surface area contributed by atoms with E-state index in [4.69, 9.17) is 17.2 Å². The zero-order valence-electron chi connectivity index (χ0n) is 43.1. The molecule has 1 fully saturated rings. The van der Waals surface area contributed by atoms with Gasteiger partial charge in [-0.15, -0.1) is 0 Å². The number of rotatable bonds is 29. The molecule has 4 rings (SSSR count). The van der Waals surface area contributed by atoms with Crippen molar-refractivity contribution in [1.82, 2.24) is 51.3 Å². The van der Waals surface area contributed by atoms with Gasteiger partial charge in [-0.2, -0.15) is 0 Å². The number of para-hydroxylation sites is 1. The highest BCUT2D eigenvalue weighted by atomic mass is 16.3. The summed E-state index contributed by atoms with van der Waals surface area (Å²) >= 11 is 0. The molecule has 14 N–H and O–H groups in total. The van der Waals surface area contributed by atoms with E-state index in [1.807, 2.05) is 38.1 Å². The number of hydrogen-bond donors (Lipinski definition) is 11. The molecule has 2 aromatic heterocycles. The molecule has 8 atom stereocenters. The Morgan fingerprint density at radius 2 is 1.47 bits per heavy atom. The van der Waals surface area contributed by atoms with E-state index in [9.17, 15) is 48.3 Å². The number of nitrogens with zero attached hydrogens (tertiary/aromatic N) is 3. The molecule has 0 aliphatic heterocycles. The molecular weight excluding hydrogens is 943 g/mol. The molecule has 0 spiro atoms. The minimum absolute atomic E-state index is 0.00253. The Labute approximate surface area is 426 Å². The number of nitrogens with one attached hydrogen (secondary N) is 7. The van der Waals surface area contributed by atoms with Crippen LogP contribution in [0.15, 0.2) is 43.0 Å². The number of carbonyl (C=O) groups is 9. The van der Waals surface area contributed by atoms with Crippen LogP contribution in [0.1, 0.15) is 104 Å². The quantitative estimate of drug-likeness (QED) is 0.0407. The number of imidazole rings is 1. The van der Waals surface area contributed by atoms with Crippen LogP contribution in [0.5, 0.6) is 0 Å². The Morgan fingerprint density at radius 3 is 2.08 bits per heavy atom. The van der Waals surface area contributed by atoms with E-state index in [0.29, 0.717) is 17.7 Å². The SMILES string of the molecule is CC(C)C[C@@H](NC(=O)[C@H](Cc1cncn1C)NC(=O)CN(C)C(=O)[C@@H](NC(=O)[C@H](C)NC(=O)[C@@H](Cc1c[nH]c2ccccc12)NC(=O)[C@@H](N)CCC(N)=O)C(C)C)[C@H](O)CC(=O)N[C@@H](CC1CCCC1)C(N)=O. The third-order valence-corrected chi connectivity index (χ3v) is 13.1. The summed E-state index contributed by atoms with van der Waals surface area (Å²) in [7, 11) is 3.07. The third-order valence-electron chi connectivity index (χ3n) is 13.1. The fourth-order valence-corrected chi connectivity index (χ4v) is 8.89. The lowest BCUT2D eigenvalue weighted by Gasteiger charge is -2.30. The highest BCUT2D eigenvalue weighted by Crippen LogP contribution is 2.28. The lowest BCUT2D eigenvalue weighted by Crippen LogP contribution is -2.59. The molecule has 1 aromatic carbocycles. The minimum atomic E-state index is -1.38. The monoisotopic (exact) mass is 1020 g/mol. The summed E-state index contributed by atoms with van der Waals surface area (Å²) in [6, 6.07) is -0.518. The number of aromatic amines is 1. The first-order valence-corrected chi connectivity index (χ1v) is 25.0. The lowest BCUT2D eigenvalue weighted by molar-refractivity contribution is -0.140. The zero-order chi connectivity index (χ0) is 54.1. The van der Waals surface area contributed by atoms with E-state index in [2.05, 4.69) is 41.9 Å². The summed E-state index contributed by atoms with van der Waals surface area (Å²) in [5, 5.41) is 28.3. The van der Waals surface area contributed by atoms with Crippen molar-refractivity contribution in [2.24, 2.45) is 42.0 Å². The average molecular weight is 1020 g/mol. The van der Waals surface area contributed by atoms with Gasteiger partial charge in [-0.25, -0.2) is 4.98 Å². The largest absolute Gasteiger partial charge is 0.390 e. The number of aliphatic hydroxyl groups excluding tert-OH is 1. The summed E-state index contributed by atoms with van der Waals surface area (Å²) in [5.74, 6) is -6.46. The molecule has 1 aliphatic carbocycles.